The molecule has 6 heteroatoms. The molecule has 2 aromatic rings. The van der Waals surface area contributed by atoms with Gasteiger partial charge in [0.15, 0.2) is 0 Å². The van der Waals surface area contributed by atoms with E-state index in [1.807, 2.05) is 6.92 Å². The summed E-state index contributed by atoms with van der Waals surface area (Å²) in [6.45, 7) is 3.59. The lowest BCUT2D eigenvalue weighted by Gasteiger charge is -2.06. The molecule has 1 aromatic heterocycles. The van der Waals surface area contributed by atoms with E-state index in [0.29, 0.717) is 22.2 Å². The van der Waals surface area contributed by atoms with Gasteiger partial charge in [-0.15, -0.1) is 0 Å². The monoisotopic (exact) mass is 263 g/mol. The highest BCUT2D eigenvalue weighted by Gasteiger charge is 2.12. The van der Waals surface area contributed by atoms with Crippen LogP contribution in [0.15, 0.2) is 24.3 Å². The van der Waals surface area contributed by atoms with Crippen molar-refractivity contribution in [2.75, 3.05) is 0 Å². The largest absolute Gasteiger partial charge is 0.270 e. The predicted octanol–water partition coefficient (Wildman–Crippen LogP) is 3.32. The van der Waals surface area contributed by atoms with Crippen LogP contribution in [0, 0.1) is 24.0 Å². The molecule has 0 amide bonds. The minimum atomic E-state index is -0.432. The van der Waals surface area contributed by atoms with E-state index in [1.165, 1.54) is 12.1 Å². The normalized spacial score (nSPS) is 10.4. The fraction of sp³-hybridized carbons (Fsp3) is 0.167. The lowest BCUT2D eigenvalue weighted by molar-refractivity contribution is -0.384. The number of benzene rings is 1. The lowest BCUT2D eigenvalue weighted by Crippen LogP contribution is -1.95. The number of hydrogen-bond acceptors (Lipinski definition) is 4. The number of hydrogen-bond donors (Lipinski definition) is 0. The van der Waals surface area contributed by atoms with Gasteiger partial charge >= 0.3 is 0 Å². The van der Waals surface area contributed by atoms with Crippen molar-refractivity contribution in [1.29, 1.82) is 0 Å². The summed E-state index contributed by atoms with van der Waals surface area (Å²) in [4.78, 5) is 18.6. The van der Waals surface area contributed by atoms with Crippen molar-refractivity contribution in [3.05, 3.63) is 50.9 Å². The van der Waals surface area contributed by atoms with Crippen LogP contribution in [0.3, 0.4) is 0 Å². The number of aryl methyl sites for hydroxylation is 2. The molecule has 0 saturated heterocycles. The summed E-state index contributed by atoms with van der Waals surface area (Å²) in [6.07, 6.45) is 0. The zero-order valence-corrected chi connectivity index (χ0v) is 10.6. The molecule has 0 aliphatic rings. The van der Waals surface area contributed by atoms with Crippen LogP contribution in [0.4, 0.5) is 5.69 Å². The summed E-state index contributed by atoms with van der Waals surface area (Å²) in [6, 6.07) is 6.25. The van der Waals surface area contributed by atoms with Crippen LogP contribution in [0.25, 0.3) is 11.3 Å². The highest BCUT2D eigenvalue weighted by molar-refractivity contribution is 6.29. The Morgan fingerprint density at radius 1 is 1.22 bits per heavy atom. The Balaban J connectivity index is 2.62. The molecule has 0 unspecified atom stereocenters. The Hall–Kier alpha value is -2.01. The molecule has 5 nitrogen and oxygen atoms in total. The van der Waals surface area contributed by atoms with Crippen molar-refractivity contribution in [3.63, 3.8) is 0 Å². The number of non-ortho nitro benzene ring substituents is 1. The molecule has 0 aliphatic heterocycles. The highest BCUT2D eigenvalue weighted by atomic mass is 35.5. The van der Waals surface area contributed by atoms with Crippen LogP contribution in [0.1, 0.15) is 11.4 Å². The van der Waals surface area contributed by atoms with E-state index in [1.54, 1.807) is 19.1 Å². The molecule has 0 saturated carbocycles. The van der Waals surface area contributed by atoms with Crippen LogP contribution in [-0.2, 0) is 0 Å². The van der Waals surface area contributed by atoms with Crippen LogP contribution < -0.4 is 0 Å². The first-order chi connectivity index (χ1) is 8.47. The second-order valence-corrected chi connectivity index (χ2v) is 4.27. The Morgan fingerprint density at radius 3 is 2.56 bits per heavy atom. The summed E-state index contributed by atoms with van der Waals surface area (Å²) < 4.78 is 0. The first kappa shape index (κ1) is 12.4. The van der Waals surface area contributed by atoms with E-state index < -0.39 is 4.92 Å². The Morgan fingerprint density at radius 2 is 1.94 bits per heavy atom. The molecular formula is C12H10ClN3O2. The number of nitrogens with zero attached hydrogens (tertiary/aromatic N) is 3. The first-order valence-electron chi connectivity index (χ1n) is 5.24. The Kier molecular flexibility index (Phi) is 3.25. The van der Waals surface area contributed by atoms with Gasteiger partial charge in [-0.2, -0.15) is 0 Å². The predicted molar refractivity (Wildman–Crippen MR) is 68.6 cm³/mol. The highest BCUT2D eigenvalue weighted by Crippen LogP contribution is 2.27. The molecule has 0 atom stereocenters. The molecule has 0 aliphatic carbocycles. The van der Waals surface area contributed by atoms with Crippen LogP contribution in [0.2, 0.25) is 5.15 Å². The van der Waals surface area contributed by atoms with Crippen molar-refractivity contribution >= 4 is 17.3 Å². The number of nitro groups is 1. The topological polar surface area (TPSA) is 68.9 Å². The molecule has 1 aromatic carbocycles. The summed E-state index contributed by atoms with van der Waals surface area (Å²) in [5, 5.41) is 11.1. The van der Waals surface area contributed by atoms with Crippen LogP contribution in [-0.4, -0.2) is 14.9 Å². The number of aromatic nitrogens is 2. The van der Waals surface area contributed by atoms with Crippen molar-refractivity contribution in [1.82, 2.24) is 9.97 Å². The summed E-state index contributed by atoms with van der Waals surface area (Å²) in [5.41, 5.74) is 2.21. The van der Waals surface area contributed by atoms with E-state index in [2.05, 4.69) is 9.97 Å². The standard InChI is InChI=1S/C12H10ClN3O2/c1-7-3-4-9(16(17)18)5-10(7)11-6-12(13)15-8(2)14-11/h3-6H,1-2H3. The molecule has 0 spiro atoms. The number of nitro benzene ring substituents is 1. The van der Waals surface area contributed by atoms with Gasteiger partial charge in [-0.1, -0.05) is 17.7 Å². The molecule has 18 heavy (non-hydrogen) atoms. The third-order valence-electron chi connectivity index (χ3n) is 2.51. The summed E-state index contributed by atoms with van der Waals surface area (Å²) in [5.74, 6) is 0.531. The van der Waals surface area contributed by atoms with Crippen molar-refractivity contribution < 1.29 is 4.92 Å². The maximum absolute atomic E-state index is 10.8. The first-order valence-corrected chi connectivity index (χ1v) is 5.62. The summed E-state index contributed by atoms with van der Waals surface area (Å²) in [7, 11) is 0. The third kappa shape index (κ3) is 2.46. The zero-order valence-electron chi connectivity index (χ0n) is 9.85. The molecule has 0 fully saturated rings. The van der Waals surface area contributed by atoms with Gasteiger partial charge in [0.2, 0.25) is 0 Å². The smallest absolute Gasteiger partial charge is 0.258 e. The summed E-state index contributed by atoms with van der Waals surface area (Å²) >= 11 is 5.87. The second kappa shape index (κ2) is 4.70. The Bertz CT molecular complexity index is 608. The van der Waals surface area contributed by atoms with Gasteiger partial charge in [0, 0.05) is 23.8 Å². The zero-order chi connectivity index (χ0) is 13.3. The molecule has 92 valence electrons. The van der Waals surface area contributed by atoms with E-state index in [-0.39, 0.29) is 5.69 Å². The van der Waals surface area contributed by atoms with Crippen LogP contribution in [0.5, 0.6) is 0 Å². The second-order valence-electron chi connectivity index (χ2n) is 3.88. The van der Waals surface area contributed by atoms with Gasteiger partial charge in [-0.25, -0.2) is 9.97 Å². The maximum Gasteiger partial charge on any atom is 0.270 e. The van der Waals surface area contributed by atoms with E-state index in [0.717, 1.165) is 5.56 Å². The maximum atomic E-state index is 10.8. The van der Waals surface area contributed by atoms with Gasteiger partial charge < -0.3 is 0 Å². The van der Waals surface area contributed by atoms with Crippen molar-refractivity contribution in [3.8, 4) is 11.3 Å². The minimum absolute atomic E-state index is 0.0305. The fourth-order valence-corrected chi connectivity index (χ4v) is 1.89. The van der Waals surface area contributed by atoms with E-state index in [4.69, 9.17) is 11.6 Å². The van der Waals surface area contributed by atoms with Gasteiger partial charge in [0.1, 0.15) is 11.0 Å². The molecule has 0 radical (unpaired) electrons. The van der Waals surface area contributed by atoms with Gasteiger partial charge in [0.05, 0.1) is 10.6 Å². The Labute approximate surface area is 109 Å². The molecule has 0 bridgehead atoms. The third-order valence-corrected chi connectivity index (χ3v) is 2.71. The molecule has 2 rings (SSSR count). The van der Waals surface area contributed by atoms with Crippen molar-refractivity contribution in [2.24, 2.45) is 0 Å². The van der Waals surface area contributed by atoms with Crippen LogP contribution >= 0.6 is 11.6 Å². The van der Waals surface area contributed by atoms with E-state index in [9.17, 15) is 10.1 Å². The molecular weight excluding hydrogens is 254 g/mol. The average Bonchev–Trinajstić information content (AvgIpc) is 2.27. The number of rotatable bonds is 2. The SMILES string of the molecule is Cc1nc(Cl)cc(-c2cc([N+](=O)[O-])ccc2C)n1. The fourth-order valence-electron chi connectivity index (χ4n) is 1.67. The minimum Gasteiger partial charge on any atom is -0.258 e. The van der Waals surface area contributed by atoms with Gasteiger partial charge in [-0.3, -0.25) is 10.1 Å². The van der Waals surface area contributed by atoms with Crippen molar-refractivity contribution in [2.45, 2.75) is 13.8 Å². The van der Waals surface area contributed by atoms with Gasteiger partial charge in [0.25, 0.3) is 5.69 Å². The quantitative estimate of drug-likeness (QED) is 0.473. The lowest BCUT2D eigenvalue weighted by atomic mass is 10.0. The average molecular weight is 264 g/mol. The number of halogens is 1. The van der Waals surface area contributed by atoms with Gasteiger partial charge in [-0.05, 0) is 19.4 Å². The molecule has 1 heterocycles. The molecule has 0 N–H and O–H groups in total. The van der Waals surface area contributed by atoms with E-state index >= 15 is 0 Å².